The molecule has 2 aromatic carbocycles. The molecule has 3 aromatic rings. The van der Waals surface area contributed by atoms with Crippen LogP contribution in [0.15, 0.2) is 57.0 Å². The third kappa shape index (κ3) is 3.98. The normalized spacial score (nSPS) is 15.3. The first-order valence-corrected chi connectivity index (χ1v) is 9.51. The summed E-state index contributed by atoms with van der Waals surface area (Å²) in [6.45, 7) is 4.34. The third-order valence-corrected chi connectivity index (χ3v) is 5.00. The second kappa shape index (κ2) is 8.42. The van der Waals surface area contributed by atoms with E-state index in [1.54, 1.807) is 12.1 Å². The highest BCUT2D eigenvalue weighted by Gasteiger charge is 2.16. The van der Waals surface area contributed by atoms with Crippen LogP contribution >= 0.6 is 0 Å². The maximum absolute atomic E-state index is 12.5. The number of morpholine rings is 1. The first kappa shape index (κ1) is 19.1. The van der Waals surface area contributed by atoms with E-state index in [0.29, 0.717) is 25.4 Å². The van der Waals surface area contributed by atoms with Crippen molar-refractivity contribution in [2.45, 2.75) is 0 Å². The van der Waals surface area contributed by atoms with E-state index in [0.717, 1.165) is 35.0 Å². The minimum Gasteiger partial charge on any atom is -0.493 e. The molecule has 0 aliphatic carbocycles. The average Bonchev–Trinajstić information content (AvgIpc) is 2.74. The fourth-order valence-electron chi connectivity index (χ4n) is 3.46. The molecule has 4 rings (SSSR count). The van der Waals surface area contributed by atoms with Crippen molar-refractivity contribution < 1.29 is 9.84 Å². The monoisotopic (exact) mass is 394 g/mol. The summed E-state index contributed by atoms with van der Waals surface area (Å²) in [5.41, 5.74) is -0.919. The second-order valence-electron chi connectivity index (χ2n) is 6.82. The molecule has 0 atom stereocenters. The Balaban J connectivity index is 1.67. The van der Waals surface area contributed by atoms with Crippen LogP contribution in [0.25, 0.3) is 16.5 Å². The van der Waals surface area contributed by atoms with Gasteiger partial charge in [0.1, 0.15) is 5.56 Å². The molecule has 1 fully saturated rings. The van der Waals surface area contributed by atoms with Crippen molar-refractivity contribution in [3.8, 4) is 11.6 Å². The first-order valence-electron chi connectivity index (χ1n) is 9.51. The molecule has 0 amide bonds. The van der Waals surface area contributed by atoms with E-state index in [4.69, 9.17) is 4.74 Å². The van der Waals surface area contributed by atoms with E-state index < -0.39 is 17.1 Å². The van der Waals surface area contributed by atoms with Gasteiger partial charge in [-0.25, -0.2) is 9.36 Å². The zero-order valence-electron chi connectivity index (χ0n) is 15.9. The quantitative estimate of drug-likeness (QED) is 0.632. The number of rotatable bonds is 5. The van der Waals surface area contributed by atoms with Gasteiger partial charge in [0, 0.05) is 31.2 Å². The Morgan fingerprint density at radius 2 is 1.86 bits per heavy atom. The Hall–Kier alpha value is -3.23. The van der Waals surface area contributed by atoms with Crippen LogP contribution < -0.4 is 11.2 Å². The molecule has 8 heteroatoms. The van der Waals surface area contributed by atoms with Gasteiger partial charge in [0.25, 0.3) is 5.56 Å². The Morgan fingerprint density at radius 3 is 2.69 bits per heavy atom. The van der Waals surface area contributed by atoms with E-state index in [2.05, 4.69) is 14.9 Å². The van der Waals surface area contributed by atoms with Crippen molar-refractivity contribution in [2.24, 2.45) is 4.99 Å². The number of fused-ring (bicyclic) bond motifs is 1. The van der Waals surface area contributed by atoms with E-state index in [1.807, 2.05) is 30.3 Å². The highest BCUT2D eigenvalue weighted by atomic mass is 16.5. The fraction of sp³-hybridized carbons (Fsp3) is 0.286. The van der Waals surface area contributed by atoms with Gasteiger partial charge in [-0.05, 0) is 11.5 Å². The largest absolute Gasteiger partial charge is 0.493 e. The zero-order valence-corrected chi connectivity index (χ0v) is 15.9. The van der Waals surface area contributed by atoms with Crippen LogP contribution in [0, 0.1) is 0 Å². The molecule has 0 spiro atoms. The summed E-state index contributed by atoms with van der Waals surface area (Å²) >= 11 is 0. The maximum atomic E-state index is 12.5. The molecule has 2 heterocycles. The standard InChI is InChI=1S/C21H22N4O4/c26-19-17(14-22-8-9-24-10-12-29-13-11-24)20(27)25(21(28)23-19)18-7-3-5-15-4-1-2-6-16(15)18/h1-7,14,27H,8-13H2,(H,23,26,28). The molecular formula is C21H22N4O4. The SMILES string of the molecule is O=c1[nH]c(=O)n(-c2cccc3ccccc23)c(O)c1C=NCCN1CCOCC1. The molecule has 0 saturated carbocycles. The topological polar surface area (TPSA) is 99.9 Å². The number of H-pyrrole nitrogens is 1. The number of ether oxygens (including phenoxy) is 1. The van der Waals surface area contributed by atoms with Crippen LogP contribution in [-0.4, -0.2) is 65.2 Å². The van der Waals surface area contributed by atoms with Crippen LogP contribution in [0.4, 0.5) is 0 Å². The van der Waals surface area contributed by atoms with Crippen molar-refractivity contribution >= 4 is 17.0 Å². The van der Waals surface area contributed by atoms with Crippen LogP contribution in [0.2, 0.25) is 0 Å². The number of aromatic nitrogens is 2. The molecule has 0 bridgehead atoms. The minimum absolute atomic E-state index is 0.0421. The molecule has 0 unspecified atom stereocenters. The third-order valence-electron chi connectivity index (χ3n) is 5.00. The lowest BCUT2D eigenvalue weighted by molar-refractivity contribution is 0.0395. The Bertz CT molecular complexity index is 1150. The van der Waals surface area contributed by atoms with Crippen molar-refractivity contribution in [3.63, 3.8) is 0 Å². The van der Waals surface area contributed by atoms with Crippen LogP contribution in [-0.2, 0) is 4.74 Å². The highest BCUT2D eigenvalue weighted by molar-refractivity contribution is 5.91. The number of hydrogen-bond acceptors (Lipinski definition) is 6. The number of benzene rings is 2. The predicted molar refractivity (Wildman–Crippen MR) is 112 cm³/mol. The summed E-state index contributed by atoms with van der Waals surface area (Å²) in [6, 6.07) is 13.0. The van der Waals surface area contributed by atoms with Crippen LogP contribution in [0.5, 0.6) is 5.88 Å². The Kier molecular flexibility index (Phi) is 5.55. The summed E-state index contributed by atoms with van der Waals surface area (Å²) in [5, 5.41) is 12.4. The summed E-state index contributed by atoms with van der Waals surface area (Å²) in [4.78, 5) is 33.5. The molecule has 1 aromatic heterocycles. The maximum Gasteiger partial charge on any atom is 0.335 e. The zero-order chi connectivity index (χ0) is 20.2. The first-order chi connectivity index (χ1) is 14.1. The van der Waals surface area contributed by atoms with Crippen molar-refractivity contribution in [3.05, 3.63) is 68.9 Å². The number of nitrogens with zero attached hydrogens (tertiary/aromatic N) is 3. The molecule has 0 radical (unpaired) electrons. The van der Waals surface area contributed by atoms with E-state index >= 15 is 0 Å². The second-order valence-corrected chi connectivity index (χ2v) is 6.82. The number of aromatic amines is 1. The average molecular weight is 394 g/mol. The van der Waals surface area contributed by atoms with E-state index in [-0.39, 0.29) is 5.56 Å². The van der Waals surface area contributed by atoms with Gasteiger partial charge in [-0.15, -0.1) is 0 Å². The predicted octanol–water partition coefficient (Wildman–Crippen LogP) is 1.14. The lowest BCUT2D eigenvalue weighted by Gasteiger charge is -2.25. The summed E-state index contributed by atoms with van der Waals surface area (Å²) in [6.07, 6.45) is 1.33. The molecule has 2 N–H and O–H groups in total. The molecule has 150 valence electrons. The molecule has 1 aliphatic rings. The lowest BCUT2D eigenvalue weighted by atomic mass is 10.1. The summed E-state index contributed by atoms with van der Waals surface area (Å²) in [7, 11) is 0. The van der Waals surface area contributed by atoms with Crippen LogP contribution in [0.1, 0.15) is 5.56 Å². The van der Waals surface area contributed by atoms with Gasteiger partial charge in [-0.1, -0.05) is 36.4 Å². The minimum atomic E-state index is -0.700. The molecule has 1 aliphatic heterocycles. The van der Waals surface area contributed by atoms with Gasteiger partial charge < -0.3 is 9.84 Å². The van der Waals surface area contributed by atoms with Crippen molar-refractivity contribution in [1.82, 2.24) is 14.5 Å². The van der Waals surface area contributed by atoms with Crippen molar-refractivity contribution in [1.29, 1.82) is 0 Å². The smallest absolute Gasteiger partial charge is 0.335 e. The Labute approximate surface area is 166 Å². The summed E-state index contributed by atoms with van der Waals surface area (Å²) in [5.74, 6) is -0.426. The molecule has 1 saturated heterocycles. The number of aromatic hydroxyl groups is 1. The van der Waals surface area contributed by atoms with Crippen LogP contribution in [0.3, 0.4) is 0 Å². The number of nitrogens with one attached hydrogen (secondary N) is 1. The van der Waals surface area contributed by atoms with Gasteiger partial charge in [-0.3, -0.25) is 19.7 Å². The Morgan fingerprint density at radius 1 is 1.10 bits per heavy atom. The van der Waals surface area contributed by atoms with Gasteiger partial charge >= 0.3 is 5.69 Å². The van der Waals surface area contributed by atoms with E-state index in [1.165, 1.54) is 6.21 Å². The van der Waals surface area contributed by atoms with E-state index in [9.17, 15) is 14.7 Å². The van der Waals surface area contributed by atoms with Gasteiger partial charge in [0.2, 0.25) is 5.88 Å². The number of aliphatic imine (C=N–C) groups is 1. The van der Waals surface area contributed by atoms with Gasteiger partial charge in [-0.2, -0.15) is 0 Å². The van der Waals surface area contributed by atoms with Crippen molar-refractivity contribution in [2.75, 3.05) is 39.4 Å². The summed E-state index contributed by atoms with van der Waals surface area (Å²) < 4.78 is 6.42. The molecule has 29 heavy (non-hydrogen) atoms. The van der Waals surface area contributed by atoms with Gasteiger partial charge in [0.15, 0.2) is 0 Å². The molecule has 8 nitrogen and oxygen atoms in total. The molecular weight excluding hydrogens is 372 g/mol. The van der Waals surface area contributed by atoms with Gasteiger partial charge in [0.05, 0.1) is 25.4 Å². The lowest BCUT2D eigenvalue weighted by Crippen LogP contribution is -2.37. The highest BCUT2D eigenvalue weighted by Crippen LogP contribution is 2.24. The number of hydrogen-bond donors (Lipinski definition) is 2. The fourth-order valence-corrected chi connectivity index (χ4v) is 3.46.